The third kappa shape index (κ3) is 6.02. The number of nitrogens with zero attached hydrogens (tertiary/aromatic N) is 2. The SMILES string of the molecule is CC(C)[C@H](CN(Cc1ccccc1)Cc1ccccc1)C(=O)N1C(=O)OC(C)(C)[C@@H]1C(C)C. The predicted molar refractivity (Wildman–Crippen MR) is 131 cm³/mol. The molecule has 33 heavy (non-hydrogen) atoms. The highest BCUT2D eigenvalue weighted by Gasteiger charge is 2.53. The highest BCUT2D eigenvalue weighted by atomic mass is 16.6. The second-order valence-corrected chi connectivity index (χ2v) is 10.4. The Morgan fingerprint density at radius 3 is 1.85 bits per heavy atom. The Morgan fingerprint density at radius 1 is 0.939 bits per heavy atom. The molecule has 0 N–H and O–H groups in total. The fraction of sp³-hybridized carbons (Fsp3) is 0.500. The van der Waals surface area contributed by atoms with Crippen molar-refractivity contribution in [1.82, 2.24) is 9.80 Å². The summed E-state index contributed by atoms with van der Waals surface area (Å²) < 4.78 is 5.64. The Labute approximate surface area is 198 Å². The summed E-state index contributed by atoms with van der Waals surface area (Å²) in [5.74, 6) is -0.269. The van der Waals surface area contributed by atoms with Gasteiger partial charge in [-0.2, -0.15) is 0 Å². The van der Waals surface area contributed by atoms with Crippen LogP contribution in [-0.2, 0) is 22.6 Å². The van der Waals surface area contributed by atoms with E-state index in [-0.39, 0.29) is 29.7 Å². The van der Waals surface area contributed by atoms with E-state index in [2.05, 4.69) is 43.0 Å². The van der Waals surface area contributed by atoms with Gasteiger partial charge in [0, 0.05) is 19.6 Å². The Hall–Kier alpha value is -2.66. The number of ether oxygens (including phenoxy) is 1. The monoisotopic (exact) mass is 450 g/mol. The quantitative estimate of drug-likeness (QED) is 0.489. The molecule has 0 saturated carbocycles. The molecule has 2 amide bonds. The largest absolute Gasteiger partial charge is 0.441 e. The van der Waals surface area contributed by atoms with Crippen molar-refractivity contribution in [3.63, 3.8) is 0 Å². The number of cyclic esters (lactones) is 1. The second-order valence-electron chi connectivity index (χ2n) is 10.4. The van der Waals surface area contributed by atoms with Gasteiger partial charge >= 0.3 is 6.09 Å². The zero-order valence-corrected chi connectivity index (χ0v) is 20.8. The molecule has 1 aliphatic heterocycles. The van der Waals surface area contributed by atoms with Crippen LogP contribution in [0.25, 0.3) is 0 Å². The van der Waals surface area contributed by atoms with E-state index in [1.165, 1.54) is 16.0 Å². The van der Waals surface area contributed by atoms with Gasteiger partial charge in [-0.15, -0.1) is 0 Å². The summed E-state index contributed by atoms with van der Waals surface area (Å²) >= 11 is 0. The molecule has 0 spiro atoms. The Balaban J connectivity index is 1.87. The van der Waals surface area contributed by atoms with Crippen LogP contribution in [0.3, 0.4) is 0 Å². The molecule has 1 aliphatic rings. The summed E-state index contributed by atoms with van der Waals surface area (Å²) in [5, 5.41) is 0. The zero-order chi connectivity index (χ0) is 24.2. The fourth-order valence-corrected chi connectivity index (χ4v) is 4.99. The lowest BCUT2D eigenvalue weighted by molar-refractivity contribution is -0.137. The van der Waals surface area contributed by atoms with Gasteiger partial charge in [0.2, 0.25) is 5.91 Å². The van der Waals surface area contributed by atoms with Gasteiger partial charge in [-0.25, -0.2) is 9.69 Å². The first kappa shape index (κ1) is 25.0. The van der Waals surface area contributed by atoms with Gasteiger partial charge < -0.3 is 4.74 Å². The average Bonchev–Trinajstić information content (AvgIpc) is 3.01. The lowest BCUT2D eigenvalue weighted by atomic mass is 9.86. The molecule has 2 aromatic rings. The molecule has 0 bridgehead atoms. The number of rotatable bonds is 9. The van der Waals surface area contributed by atoms with Crippen LogP contribution < -0.4 is 0 Å². The summed E-state index contributed by atoms with van der Waals surface area (Å²) in [6.07, 6.45) is -0.521. The third-order valence-corrected chi connectivity index (χ3v) is 6.48. The van der Waals surface area contributed by atoms with Crippen LogP contribution in [-0.4, -0.2) is 40.0 Å². The van der Waals surface area contributed by atoms with Gasteiger partial charge in [0.25, 0.3) is 0 Å². The first-order valence-corrected chi connectivity index (χ1v) is 12.0. The van der Waals surface area contributed by atoms with Gasteiger partial charge in [0.05, 0.1) is 12.0 Å². The van der Waals surface area contributed by atoms with E-state index in [9.17, 15) is 9.59 Å². The number of carbonyl (C=O) groups excluding carboxylic acids is 2. The standard InChI is InChI=1S/C28H38N2O3/c1-20(2)24(26(31)30-25(21(3)4)28(5,6)33-27(30)32)19-29(17-22-13-9-7-10-14-22)18-23-15-11-8-12-16-23/h7-16,20-21,24-25H,17-19H2,1-6H3/t24-,25-/m0/s1. The lowest BCUT2D eigenvalue weighted by Crippen LogP contribution is -2.52. The molecule has 0 radical (unpaired) electrons. The van der Waals surface area contributed by atoms with Crippen molar-refractivity contribution in [1.29, 1.82) is 0 Å². The number of benzene rings is 2. The minimum atomic E-state index is -0.698. The van der Waals surface area contributed by atoms with Crippen molar-refractivity contribution in [3.8, 4) is 0 Å². The van der Waals surface area contributed by atoms with Gasteiger partial charge in [0.15, 0.2) is 0 Å². The van der Waals surface area contributed by atoms with Crippen molar-refractivity contribution >= 4 is 12.0 Å². The Morgan fingerprint density at radius 2 is 1.42 bits per heavy atom. The van der Waals surface area contributed by atoms with Crippen molar-refractivity contribution in [2.75, 3.05) is 6.54 Å². The van der Waals surface area contributed by atoms with Crippen LogP contribution in [0.2, 0.25) is 0 Å². The number of amides is 2. The highest BCUT2D eigenvalue weighted by molar-refractivity contribution is 5.95. The summed E-state index contributed by atoms with van der Waals surface area (Å²) in [5.41, 5.74) is 1.70. The number of hydrogen-bond acceptors (Lipinski definition) is 4. The van der Waals surface area contributed by atoms with E-state index in [4.69, 9.17) is 4.74 Å². The van der Waals surface area contributed by atoms with Crippen molar-refractivity contribution in [2.24, 2.45) is 17.8 Å². The average molecular weight is 451 g/mol. The van der Waals surface area contributed by atoms with Gasteiger partial charge in [-0.3, -0.25) is 9.69 Å². The summed E-state index contributed by atoms with van der Waals surface area (Å²) in [6, 6.07) is 20.3. The Kier molecular flexibility index (Phi) is 7.96. The minimum absolute atomic E-state index is 0.0795. The maximum Gasteiger partial charge on any atom is 0.417 e. The molecule has 2 atom stereocenters. The molecular formula is C28H38N2O3. The lowest BCUT2D eigenvalue weighted by Gasteiger charge is -2.35. The summed E-state index contributed by atoms with van der Waals surface area (Å²) in [4.78, 5) is 30.4. The van der Waals surface area contributed by atoms with Gasteiger partial charge in [0.1, 0.15) is 5.60 Å². The topological polar surface area (TPSA) is 49.9 Å². The van der Waals surface area contributed by atoms with Gasteiger partial charge in [-0.1, -0.05) is 88.4 Å². The smallest absolute Gasteiger partial charge is 0.417 e. The minimum Gasteiger partial charge on any atom is -0.441 e. The fourth-order valence-electron chi connectivity index (χ4n) is 4.99. The molecule has 5 nitrogen and oxygen atoms in total. The Bertz CT molecular complexity index is 883. The zero-order valence-electron chi connectivity index (χ0n) is 20.8. The second kappa shape index (κ2) is 10.5. The van der Waals surface area contributed by atoms with Crippen LogP contribution in [0.15, 0.2) is 60.7 Å². The van der Waals surface area contributed by atoms with Crippen LogP contribution in [0.5, 0.6) is 0 Å². The maximum atomic E-state index is 13.8. The van der Waals surface area contributed by atoms with E-state index in [0.29, 0.717) is 6.54 Å². The number of imide groups is 1. The van der Waals surface area contributed by atoms with E-state index in [1.807, 2.05) is 64.1 Å². The van der Waals surface area contributed by atoms with Crippen LogP contribution in [0.4, 0.5) is 4.79 Å². The maximum absolute atomic E-state index is 13.8. The van der Waals surface area contributed by atoms with E-state index >= 15 is 0 Å². The molecule has 178 valence electrons. The molecule has 0 aromatic heterocycles. The molecule has 1 heterocycles. The first-order chi connectivity index (χ1) is 15.6. The predicted octanol–water partition coefficient (Wildman–Crippen LogP) is 5.74. The molecule has 0 unspecified atom stereocenters. The number of hydrogen-bond donors (Lipinski definition) is 0. The molecule has 1 fully saturated rings. The molecule has 2 aromatic carbocycles. The van der Waals surface area contributed by atoms with Crippen LogP contribution in [0, 0.1) is 17.8 Å². The first-order valence-electron chi connectivity index (χ1n) is 12.0. The van der Waals surface area contributed by atoms with E-state index in [1.54, 1.807) is 0 Å². The third-order valence-electron chi connectivity index (χ3n) is 6.48. The van der Waals surface area contributed by atoms with E-state index in [0.717, 1.165) is 13.1 Å². The molecule has 1 saturated heterocycles. The van der Waals surface area contributed by atoms with Crippen molar-refractivity contribution in [3.05, 3.63) is 71.8 Å². The van der Waals surface area contributed by atoms with Crippen LogP contribution in [0.1, 0.15) is 52.7 Å². The summed E-state index contributed by atoms with van der Waals surface area (Å²) in [7, 11) is 0. The molecule has 3 rings (SSSR count). The van der Waals surface area contributed by atoms with Gasteiger partial charge in [-0.05, 0) is 36.8 Å². The van der Waals surface area contributed by atoms with Crippen molar-refractivity contribution < 1.29 is 14.3 Å². The highest BCUT2D eigenvalue weighted by Crippen LogP contribution is 2.36. The summed E-state index contributed by atoms with van der Waals surface area (Å²) in [6.45, 7) is 14.0. The molecule has 0 aliphatic carbocycles. The molecule has 5 heteroatoms. The van der Waals surface area contributed by atoms with Crippen molar-refractivity contribution in [2.45, 2.75) is 66.3 Å². The van der Waals surface area contributed by atoms with Crippen LogP contribution >= 0.6 is 0 Å². The van der Waals surface area contributed by atoms with E-state index < -0.39 is 11.7 Å². The number of carbonyl (C=O) groups is 2. The normalized spacial score (nSPS) is 18.8. The molecular weight excluding hydrogens is 412 g/mol.